The first-order valence-corrected chi connectivity index (χ1v) is 13.7. The molecule has 0 aliphatic heterocycles. The van der Waals surface area contributed by atoms with Crippen molar-refractivity contribution in [2.45, 2.75) is 50.7 Å². The highest BCUT2D eigenvalue weighted by Crippen LogP contribution is 2.38. The summed E-state index contributed by atoms with van der Waals surface area (Å²) in [7, 11) is 0. The Morgan fingerprint density at radius 2 is 2.00 bits per heavy atom. The van der Waals surface area contributed by atoms with E-state index in [0.717, 1.165) is 43.2 Å². The minimum Gasteiger partial charge on any atom is -0.462 e. The number of fused-ring (bicyclic) bond motifs is 1. The van der Waals surface area contributed by atoms with Gasteiger partial charge in [0.2, 0.25) is 5.91 Å². The Hall–Kier alpha value is -2.62. The van der Waals surface area contributed by atoms with Gasteiger partial charge in [-0.3, -0.25) is 9.36 Å². The highest BCUT2D eigenvalue weighted by Gasteiger charge is 2.27. The molecule has 0 spiro atoms. The van der Waals surface area contributed by atoms with Gasteiger partial charge in [-0.1, -0.05) is 35.9 Å². The summed E-state index contributed by atoms with van der Waals surface area (Å²) in [6.07, 6.45) is 6.79. The van der Waals surface area contributed by atoms with E-state index >= 15 is 0 Å². The van der Waals surface area contributed by atoms with Gasteiger partial charge in [0.15, 0.2) is 11.0 Å². The summed E-state index contributed by atoms with van der Waals surface area (Å²) >= 11 is 8.79. The number of aryl methyl sites for hydroxylation is 1. The predicted molar refractivity (Wildman–Crippen MR) is 142 cm³/mol. The van der Waals surface area contributed by atoms with E-state index in [0.29, 0.717) is 39.7 Å². The summed E-state index contributed by atoms with van der Waals surface area (Å²) in [5.74, 6) is 0.225. The fraction of sp³-hybridized carbons (Fsp3) is 0.360. The van der Waals surface area contributed by atoms with Crippen LogP contribution in [0.2, 0.25) is 5.02 Å². The fourth-order valence-electron chi connectivity index (χ4n) is 4.04. The lowest BCUT2D eigenvalue weighted by molar-refractivity contribution is -0.113. The van der Waals surface area contributed by atoms with Gasteiger partial charge in [0.1, 0.15) is 5.00 Å². The van der Waals surface area contributed by atoms with E-state index < -0.39 is 0 Å². The number of allylic oxidation sites excluding steroid dienone is 1. The first kappa shape index (κ1) is 25.5. The summed E-state index contributed by atoms with van der Waals surface area (Å²) in [6.45, 7) is 6.41. The van der Waals surface area contributed by atoms with Crippen LogP contribution < -0.4 is 5.32 Å². The maximum Gasteiger partial charge on any atom is 0.341 e. The zero-order valence-corrected chi connectivity index (χ0v) is 21.9. The van der Waals surface area contributed by atoms with Crippen molar-refractivity contribution < 1.29 is 14.3 Å². The van der Waals surface area contributed by atoms with Crippen LogP contribution in [0.5, 0.6) is 0 Å². The van der Waals surface area contributed by atoms with Gasteiger partial charge in [-0.2, -0.15) is 0 Å². The van der Waals surface area contributed by atoms with Crippen LogP contribution in [0.1, 0.15) is 47.0 Å². The first-order chi connectivity index (χ1) is 17.0. The lowest BCUT2D eigenvalue weighted by atomic mass is 10.1. The van der Waals surface area contributed by atoms with E-state index in [1.54, 1.807) is 25.1 Å². The molecule has 35 heavy (non-hydrogen) atoms. The van der Waals surface area contributed by atoms with Gasteiger partial charge >= 0.3 is 5.97 Å². The number of nitrogens with zero attached hydrogens (tertiary/aromatic N) is 3. The molecular formula is C25H27ClN4O3S2. The van der Waals surface area contributed by atoms with Gasteiger partial charge in [-0.05, 0) is 62.4 Å². The highest BCUT2D eigenvalue weighted by atomic mass is 35.5. The number of benzene rings is 1. The molecule has 2 aromatic heterocycles. The third kappa shape index (κ3) is 5.97. The first-order valence-electron chi connectivity index (χ1n) is 11.6. The molecule has 1 aromatic carbocycles. The van der Waals surface area contributed by atoms with Crippen molar-refractivity contribution in [3.8, 4) is 11.4 Å². The number of hydrogen-bond acceptors (Lipinski definition) is 7. The molecule has 0 bridgehead atoms. The lowest BCUT2D eigenvalue weighted by Gasteiger charge is -2.09. The van der Waals surface area contributed by atoms with Crippen molar-refractivity contribution in [1.82, 2.24) is 14.8 Å². The molecule has 10 heteroatoms. The molecule has 0 unspecified atom stereocenters. The topological polar surface area (TPSA) is 86.1 Å². The van der Waals surface area contributed by atoms with Gasteiger partial charge < -0.3 is 10.1 Å². The average Bonchev–Trinajstić information content (AvgIpc) is 3.31. The largest absolute Gasteiger partial charge is 0.462 e. The number of aromatic nitrogens is 3. The van der Waals surface area contributed by atoms with E-state index in [1.165, 1.54) is 28.0 Å². The molecule has 0 fully saturated rings. The van der Waals surface area contributed by atoms with Crippen LogP contribution in [-0.2, 0) is 28.9 Å². The van der Waals surface area contributed by atoms with Gasteiger partial charge in [0.25, 0.3) is 0 Å². The van der Waals surface area contributed by atoms with Crippen LogP contribution in [0.15, 0.2) is 42.1 Å². The average molecular weight is 531 g/mol. The van der Waals surface area contributed by atoms with Crippen LogP contribution in [0.3, 0.4) is 0 Å². The second kappa shape index (κ2) is 11.9. The van der Waals surface area contributed by atoms with E-state index in [4.69, 9.17) is 16.3 Å². The second-order valence-corrected chi connectivity index (χ2v) is 10.5. The number of rotatable bonds is 9. The van der Waals surface area contributed by atoms with E-state index in [-0.39, 0.29) is 17.6 Å². The van der Waals surface area contributed by atoms with Gasteiger partial charge in [0, 0.05) is 22.0 Å². The standard InChI is InChI=1S/C25H27ClN4O3S2/c1-3-14-30-22(16-10-12-17(26)13-11-16)28-29-25(30)34-15-20(31)27-23-21(24(32)33-4-2)18-8-6-5-7-9-19(18)35-23/h3,10-13H,1,4-9,14-15H2,2H3,(H,27,31). The number of carbonyl (C=O) groups excluding carboxylic acids is 2. The highest BCUT2D eigenvalue weighted by molar-refractivity contribution is 7.99. The normalized spacial score (nSPS) is 13.1. The zero-order valence-electron chi connectivity index (χ0n) is 19.5. The number of halogens is 1. The van der Waals surface area contributed by atoms with Crippen molar-refractivity contribution in [3.63, 3.8) is 0 Å². The van der Waals surface area contributed by atoms with Crippen LogP contribution in [-0.4, -0.2) is 39.0 Å². The molecule has 7 nitrogen and oxygen atoms in total. The van der Waals surface area contributed by atoms with E-state index in [9.17, 15) is 9.59 Å². The van der Waals surface area contributed by atoms with Crippen LogP contribution in [0.4, 0.5) is 5.00 Å². The summed E-state index contributed by atoms with van der Waals surface area (Å²) in [5, 5.41) is 13.4. The minimum atomic E-state index is -0.367. The molecule has 0 atom stereocenters. The number of ether oxygens (including phenoxy) is 1. The Balaban J connectivity index is 1.50. The SMILES string of the molecule is C=CCn1c(SCC(=O)Nc2sc3c(c2C(=O)OCC)CCCCC3)nnc1-c1ccc(Cl)cc1. The van der Waals surface area contributed by atoms with Crippen molar-refractivity contribution in [2.75, 3.05) is 17.7 Å². The molecule has 184 valence electrons. The van der Waals surface area contributed by atoms with Crippen LogP contribution in [0, 0.1) is 0 Å². The van der Waals surface area contributed by atoms with Crippen molar-refractivity contribution in [2.24, 2.45) is 0 Å². The van der Waals surface area contributed by atoms with Gasteiger partial charge in [-0.15, -0.1) is 28.1 Å². The molecule has 3 aromatic rings. The monoisotopic (exact) mass is 530 g/mol. The Morgan fingerprint density at radius 3 is 2.74 bits per heavy atom. The Labute approximate surface area is 217 Å². The Kier molecular flexibility index (Phi) is 8.64. The third-order valence-electron chi connectivity index (χ3n) is 5.62. The number of esters is 1. The number of thiophene rings is 1. The number of hydrogen-bond donors (Lipinski definition) is 1. The maximum atomic E-state index is 12.9. The number of nitrogens with one attached hydrogen (secondary N) is 1. The zero-order chi connectivity index (χ0) is 24.8. The maximum absolute atomic E-state index is 12.9. The van der Waals surface area contributed by atoms with E-state index in [2.05, 4.69) is 22.1 Å². The molecule has 2 heterocycles. The molecule has 1 N–H and O–H groups in total. The Morgan fingerprint density at radius 1 is 1.23 bits per heavy atom. The number of carbonyl (C=O) groups is 2. The second-order valence-electron chi connectivity index (χ2n) is 8.04. The Bertz CT molecular complexity index is 1220. The third-order valence-corrected chi connectivity index (χ3v) is 8.04. The smallest absolute Gasteiger partial charge is 0.341 e. The number of anilines is 1. The van der Waals surface area contributed by atoms with Gasteiger partial charge in [-0.25, -0.2) is 4.79 Å². The van der Waals surface area contributed by atoms with Crippen LogP contribution in [0.25, 0.3) is 11.4 Å². The lowest BCUT2D eigenvalue weighted by Crippen LogP contribution is -2.17. The predicted octanol–water partition coefficient (Wildman–Crippen LogP) is 6.02. The number of thioether (sulfide) groups is 1. The number of amides is 1. The van der Waals surface area contributed by atoms with E-state index in [1.807, 2.05) is 16.7 Å². The van der Waals surface area contributed by atoms with Gasteiger partial charge in [0.05, 0.1) is 17.9 Å². The summed E-state index contributed by atoms with van der Waals surface area (Å²) in [6, 6.07) is 7.36. The molecule has 1 aliphatic rings. The molecule has 1 amide bonds. The summed E-state index contributed by atoms with van der Waals surface area (Å²) < 4.78 is 7.22. The molecular weight excluding hydrogens is 504 g/mol. The molecule has 1 aliphatic carbocycles. The molecule has 0 saturated carbocycles. The quantitative estimate of drug-likeness (QED) is 0.157. The van der Waals surface area contributed by atoms with Crippen LogP contribution >= 0.6 is 34.7 Å². The van der Waals surface area contributed by atoms with Crippen molar-refractivity contribution in [1.29, 1.82) is 0 Å². The molecule has 4 rings (SSSR count). The molecule has 0 radical (unpaired) electrons. The van der Waals surface area contributed by atoms with Crippen molar-refractivity contribution >= 4 is 51.6 Å². The summed E-state index contributed by atoms with van der Waals surface area (Å²) in [5.41, 5.74) is 2.43. The minimum absolute atomic E-state index is 0.126. The summed E-state index contributed by atoms with van der Waals surface area (Å²) in [4.78, 5) is 26.8. The van der Waals surface area contributed by atoms with Crippen molar-refractivity contribution in [3.05, 3.63) is 57.9 Å². The fourth-order valence-corrected chi connectivity index (χ4v) is 6.21. The molecule has 0 saturated heterocycles.